The number of aromatic nitrogens is 2. The molecule has 0 aliphatic carbocycles. The van der Waals surface area contributed by atoms with Gasteiger partial charge in [-0.3, -0.25) is 9.59 Å². The number of pyridine rings is 2. The lowest BCUT2D eigenvalue weighted by atomic mass is 10.1. The van der Waals surface area contributed by atoms with Gasteiger partial charge in [0.2, 0.25) is 0 Å². The molecule has 4 nitrogen and oxygen atoms in total. The summed E-state index contributed by atoms with van der Waals surface area (Å²) in [6.07, 6.45) is 10.6. The van der Waals surface area contributed by atoms with E-state index in [1.165, 1.54) is 17.5 Å². The summed E-state index contributed by atoms with van der Waals surface area (Å²) in [7, 11) is 0. The van der Waals surface area contributed by atoms with Gasteiger partial charge in [0, 0.05) is 46.5 Å². The molecule has 0 amide bonds. The first kappa shape index (κ1) is 20.2. The number of carbonyl (C=O) groups is 2. The van der Waals surface area contributed by atoms with Crippen LogP contribution in [0.3, 0.4) is 0 Å². The molecule has 3 rings (SSSR count). The summed E-state index contributed by atoms with van der Waals surface area (Å²) in [6.45, 7) is 5.78. The number of rotatable bonds is 6. The molecule has 0 aliphatic heterocycles. The molecule has 2 aromatic heterocycles. The third kappa shape index (κ3) is 6.59. The molecule has 0 spiro atoms. The van der Waals surface area contributed by atoms with Crippen LogP contribution in [0.25, 0.3) is 0 Å². The van der Waals surface area contributed by atoms with Crippen LogP contribution in [-0.4, -0.2) is 12.6 Å². The summed E-state index contributed by atoms with van der Waals surface area (Å²) < 4.78 is 4.07. The van der Waals surface area contributed by atoms with Gasteiger partial charge in [0.15, 0.2) is 50.4 Å². The molecule has 0 radical (unpaired) electrons. The van der Waals surface area contributed by atoms with Gasteiger partial charge in [-0.1, -0.05) is 44.5 Å². The molecule has 0 N–H and O–H groups in total. The second-order valence-corrected chi connectivity index (χ2v) is 6.37. The van der Waals surface area contributed by atoms with Gasteiger partial charge in [-0.05, 0) is 0 Å². The zero-order valence-corrected chi connectivity index (χ0v) is 15.9. The molecule has 0 saturated heterocycles. The van der Waals surface area contributed by atoms with Crippen molar-refractivity contribution in [2.24, 2.45) is 0 Å². The largest absolute Gasteiger partial charge is 0.298 e. The van der Waals surface area contributed by atoms with Gasteiger partial charge in [-0.15, -0.1) is 0 Å². The van der Waals surface area contributed by atoms with Crippen LogP contribution in [0.2, 0.25) is 0 Å². The summed E-state index contributed by atoms with van der Waals surface area (Å²) in [5.74, 6) is 0. The minimum atomic E-state index is 0.680. The molecule has 0 aliphatic rings. The molecule has 0 unspecified atom stereocenters. The highest BCUT2D eigenvalue weighted by Crippen LogP contribution is 2.04. The van der Waals surface area contributed by atoms with Crippen molar-refractivity contribution in [3.63, 3.8) is 0 Å². The van der Waals surface area contributed by atoms with Crippen LogP contribution in [0.15, 0.2) is 73.3 Å². The Hall–Kier alpha value is -3.14. The SMILES string of the molecule is CCC.O=Cc1cc[n+](Cc2ccc(C[n+]3ccc(C=O)cc3)cc2)cc1. The highest BCUT2D eigenvalue weighted by molar-refractivity contribution is 5.74. The van der Waals surface area contributed by atoms with Crippen molar-refractivity contribution in [2.75, 3.05) is 0 Å². The van der Waals surface area contributed by atoms with E-state index in [2.05, 4.69) is 38.1 Å². The average Bonchev–Trinajstić information content (AvgIpc) is 2.71. The molecule has 1 aromatic carbocycles. The predicted molar refractivity (Wildman–Crippen MR) is 105 cm³/mol. The Bertz CT molecular complexity index is 767. The predicted octanol–water partition coefficient (Wildman–Crippen LogP) is 3.40. The number of benzene rings is 1. The minimum Gasteiger partial charge on any atom is -0.298 e. The standard InChI is InChI=1S/C20H18N2O2.C3H8/c23-15-19-5-9-21(10-6-19)13-17-1-2-18(4-3-17)14-22-11-7-20(16-24)8-12-22;1-3-2/h1-12,15-16H,13-14H2;3H2,1-2H3/q+2;. The van der Waals surface area contributed by atoms with E-state index >= 15 is 0 Å². The Morgan fingerprint density at radius 1 is 0.630 bits per heavy atom. The number of hydrogen-bond acceptors (Lipinski definition) is 2. The fourth-order valence-electron chi connectivity index (χ4n) is 2.48. The van der Waals surface area contributed by atoms with Gasteiger partial charge in [0.25, 0.3) is 0 Å². The first-order valence-corrected chi connectivity index (χ1v) is 9.14. The van der Waals surface area contributed by atoms with Gasteiger partial charge in [0.05, 0.1) is 0 Å². The lowest BCUT2D eigenvalue weighted by Gasteiger charge is -2.01. The maximum atomic E-state index is 10.7. The smallest absolute Gasteiger partial charge is 0.173 e. The van der Waals surface area contributed by atoms with E-state index in [1.807, 2.05) is 33.9 Å². The summed E-state index contributed by atoms with van der Waals surface area (Å²) >= 11 is 0. The quantitative estimate of drug-likeness (QED) is 0.498. The monoisotopic (exact) mass is 362 g/mol. The first-order chi connectivity index (χ1) is 13.2. The number of nitrogens with zero attached hydrogens (tertiary/aromatic N) is 2. The molecule has 138 valence electrons. The number of hydrogen-bond donors (Lipinski definition) is 0. The van der Waals surface area contributed by atoms with Gasteiger partial charge in [0.1, 0.15) is 0 Å². The highest BCUT2D eigenvalue weighted by atomic mass is 16.1. The van der Waals surface area contributed by atoms with Gasteiger partial charge < -0.3 is 0 Å². The van der Waals surface area contributed by atoms with Crippen LogP contribution < -0.4 is 9.13 Å². The van der Waals surface area contributed by atoms with Crippen LogP contribution in [0.4, 0.5) is 0 Å². The maximum Gasteiger partial charge on any atom is 0.173 e. The Kier molecular flexibility index (Phi) is 8.04. The molecule has 0 fully saturated rings. The lowest BCUT2D eigenvalue weighted by Crippen LogP contribution is -2.34. The van der Waals surface area contributed by atoms with Gasteiger partial charge in [-0.25, -0.2) is 9.13 Å². The molecule has 3 aromatic rings. The highest BCUT2D eigenvalue weighted by Gasteiger charge is 2.06. The van der Waals surface area contributed by atoms with Crippen molar-refractivity contribution in [3.8, 4) is 0 Å². The summed E-state index contributed by atoms with van der Waals surface area (Å²) in [6, 6.07) is 15.7. The van der Waals surface area contributed by atoms with E-state index in [-0.39, 0.29) is 0 Å². The molecule has 0 saturated carbocycles. The Labute approximate surface area is 160 Å². The zero-order chi connectivity index (χ0) is 19.5. The normalized spacial score (nSPS) is 9.85. The third-order valence-electron chi connectivity index (χ3n) is 3.86. The Morgan fingerprint density at radius 2 is 0.926 bits per heavy atom. The molecule has 0 bridgehead atoms. The zero-order valence-electron chi connectivity index (χ0n) is 15.9. The summed E-state index contributed by atoms with van der Waals surface area (Å²) in [5, 5.41) is 0. The second-order valence-electron chi connectivity index (χ2n) is 6.37. The van der Waals surface area contributed by atoms with Crippen molar-refractivity contribution < 1.29 is 18.7 Å². The van der Waals surface area contributed by atoms with Gasteiger partial charge in [-0.2, -0.15) is 0 Å². The van der Waals surface area contributed by atoms with Crippen LogP contribution >= 0.6 is 0 Å². The van der Waals surface area contributed by atoms with Crippen LogP contribution in [0.1, 0.15) is 52.1 Å². The molecular formula is C23H26N2O2+2. The first-order valence-electron chi connectivity index (χ1n) is 9.14. The van der Waals surface area contributed by atoms with Crippen molar-refractivity contribution in [1.82, 2.24) is 0 Å². The van der Waals surface area contributed by atoms with Crippen molar-refractivity contribution in [3.05, 3.63) is 95.6 Å². The third-order valence-corrected chi connectivity index (χ3v) is 3.86. The summed E-state index contributed by atoms with van der Waals surface area (Å²) in [5.41, 5.74) is 3.76. The topological polar surface area (TPSA) is 41.9 Å². The molecule has 2 heterocycles. The van der Waals surface area contributed by atoms with Crippen molar-refractivity contribution >= 4 is 12.6 Å². The molecule has 27 heavy (non-hydrogen) atoms. The molecule has 4 heteroatoms. The Balaban J connectivity index is 0.000000817. The van der Waals surface area contributed by atoms with Crippen molar-refractivity contribution in [2.45, 2.75) is 33.4 Å². The molecule has 0 atom stereocenters. The van der Waals surface area contributed by atoms with Crippen LogP contribution in [0, 0.1) is 0 Å². The van der Waals surface area contributed by atoms with Crippen LogP contribution in [0.5, 0.6) is 0 Å². The molecular weight excluding hydrogens is 336 g/mol. The fourth-order valence-corrected chi connectivity index (χ4v) is 2.48. The second kappa shape index (κ2) is 10.8. The average molecular weight is 362 g/mol. The van der Waals surface area contributed by atoms with Crippen LogP contribution in [-0.2, 0) is 13.1 Å². The van der Waals surface area contributed by atoms with Gasteiger partial charge >= 0.3 is 0 Å². The van der Waals surface area contributed by atoms with E-state index < -0.39 is 0 Å². The summed E-state index contributed by atoms with van der Waals surface area (Å²) in [4.78, 5) is 21.3. The van der Waals surface area contributed by atoms with E-state index in [0.29, 0.717) is 11.1 Å². The van der Waals surface area contributed by atoms with E-state index in [4.69, 9.17) is 0 Å². The van der Waals surface area contributed by atoms with E-state index in [1.54, 1.807) is 24.3 Å². The fraction of sp³-hybridized carbons (Fsp3) is 0.217. The lowest BCUT2D eigenvalue weighted by molar-refractivity contribution is -0.689. The maximum absolute atomic E-state index is 10.7. The number of aldehydes is 2. The van der Waals surface area contributed by atoms with E-state index in [0.717, 1.165) is 25.7 Å². The Morgan fingerprint density at radius 3 is 1.19 bits per heavy atom. The minimum absolute atomic E-state index is 0.680. The van der Waals surface area contributed by atoms with E-state index in [9.17, 15) is 9.59 Å². The van der Waals surface area contributed by atoms with Crippen molar-refractivity contribution in [1.29, 1.82) is 0 Å². The number of carbonyl (C=O) groups excluding carboxylic acids is 2.